The molecule has 0 bridgehead atoms. The Hall–Kier alpha value is -0.300. The lowest BCUT2D eigenvalue weighted by atomic mass is 10.3. The van der Waals surface area contributed by atoms with E-state index in [2.05, 4.69) is 5.43 Å². The van der Waals surface area contributed by atoms with E-state index >= 15 is 0 Å². The number of carboxylic acids is 1. The van der Waals surface area contributed by atoms with Gasteiger partial charge < -0.3 is 10.1 Å². The van der Waals surface area contributed by atoms with Gasteiger partial charge in [-0.15, -0.1) is 0 Å². The Kier molecular flexibility index (Phi) is 2.62. The fourth-order valence-electron chi connectivity index (χ4n) is 0.866. The molecular formula is C7H11IN2O2. The van der Waals surface area contributed by atoms with Gasteiger partial charge in [-0.1, -0.05) is 0 Å². The summed E-state index contributed by atoms with van der Waals surface area (Å²) in [4.78, 5) is 10.7. The Labute approximate surface area is 84.7 Å². The Bertz CT molecular complexity index is 229. The first-order chi connectivity index (χ1) is 5.46. The predicted octanol–water partition coefficient (Wildman–Crippen LogP) is 0.945. The fourth-order valence-corrected chi connectivity index (χ4v) is 1.31. The molecule has 1 aliphatic heterocycles. The van der Waals surface area contributed by atoms with Crippen molar-refractivity contribution < 1.29 is 9.90 Å². The molecule has 1 atom stereocenters. The third-order valence-corrected chi connectivity index (χ3v) is 2.69. The maximum atomic E-state index is 10.7. The SMILES string of the molecule is CC(C)N1C=CC(I)(C(=O)O)N1. The van der Waals surface area contributed by atoms with Crippen molar-refractivity contribution in [2.75, 3.05) is 0 Å². The van der Waals surface area contributed by atoms with E-state index in [0.29, 0.717) is 0 Å². The number of hydrogen-bond donors (Lipinski definition) is 2. The molecule has 2 N–H and O–H groups in total. The third-order valence-electron chi connectivity index (χ3n) is 1.62. The van der Waals surface area contributed by atoms with Crippen molar-refractivity contribution in [2.45, 2.75) is 23.4 Å². The highest BCUT2D eigenvalue weighted by molar-refractivity contribution is 14.1. The topological polar surface area (TPSA) is 52.6 Å². The summed E-state index contributed by atoms with van der Waals surface area (Å²) in [6.07, 6.45) is 3.39. The van der Waals surface area contributed by atoms with Crippen LogP contribution in [0.4, 0.5) is 0 Å². The third kappa shape index (κ3) is 1.71. The molecule has 12 heavy (non-hydrogen) atoms. The largest absolute Gasteiger partial charge is 0.479 e. The van der Waals surface area contributed by atoms with Gasteiger partial charge in [-0.05, 0) is 42.5 Å². The number of nitrogens with one attached hydrogen (secondary N) is 1. The number of carbonyl (C=O) groups is 1. The van der Waals surface area contributed by atoms with Gasteiger partial charge >= 0.3 is 5.97 Å². The molecule has 0 saturated heterocycles. The molecule has 1 rings (SSSR count). The van der Waals surface area contributed by atoms with Crippen molar-refractivity contribution >= 4 is 28.6 Å². The second kappa shape index (κ2) is 3.21. The van der Waals surface area contributed by atoms with Gasteiger partial charge in [0.1, 0.15) is 0 Å². The molecule has 5 heteroatoms. The highest BCUT2D eigenvalue weighted by atomic mass is 127. The van der Waals surface area contributed by atoms with E-state index in [4.69, 9.17) is 5.11 Å². The second-order valence-corrected chi connectivity index (χ2v) is 4.65. The van der Waals surface area contributed by atoms with Gasteiger partial charge in [0.2, 0.25) is 3.55 Å². The first-order valence-electron chi connectivity index (χ1n) is 3.63. The van der Waals surface area contributed by atoms with Gasteiger partial charge in [0, 0.05) is 12.2 Å². The molecule has 0 aromatic carbocycles. The molecular weight excluding hydrogens is 271 g/mol. The summed E-state index contributed by atoms with van der Waals surface area (Å²) < 4.78 is -0.970. The van der Waals surface area contributed by atoms with Crippen molar-refractivity contribution in [1.29, 1.82) is 0 Å². The fraction of sp³-hybridized carbons (Fsp3) is 0.571. The lowest BCUT2D eigenvalue weighted by molar-refractivity contribution is -0.139. The van der Waals surface area contributed by atoms with Crippen molar-refractivity contribution in [3.05, 3.63) is 12.3 Å². The van der Waals surface area contributed by atoms with Crippen LogP contribution in [0.2, 0.25) is 0 Å². The van der Waals surface area contributed by atoms with Gasteiger partial charge in [-0.3, -0.25) is 0 Å². The highest BCUT2D eigenvalue weighted by Crippen LogP contribution is 2.24. The standard InChI is InChI=1S/C7H11IN2O2/c1-5(2)10-4-3-7(8,9-10)6(11)12/h3-5,9H,1-2H3,(H,11,12). The number of hydrazine groups is 1. The van der Waals surface area contributed by atoms with Crippen molar-refractivity contribution in [3.8, 4) is 0 Å². The molecule has 0 aliphatic carbocycles. The number of nitrogens with zero attached hydrogens (tertiary/aromatic N) is 1. The van der Waals surface area contributed by atoms with Crippen LogP contribution in [0.5, 0.6) is 0 Å². The Morgan fingerprint density at radius 2 is 2.33 bits per heavy atom. The molecule has 0 fully saturated rings. The van der Waals surface area contributed by atoms with E-state index in [1.54, 1.807) is 17.3 Å². The van der Waals surface area contributed by atoms with Crippen LogP contribution in [0.3, 0.4) is 0 Å². The molecule has 0 aromatic heterocycles. The molecule has 0 saturated carbocycles. The van der Waals surface area contributed by atoms with Crippen LogP contribution >= 0.6 is 22.6 Å². The summed E-state index contributed by atoms with van der Waals surface area (Å²) >= 11 is 1.86. The molecule has 1 aliphatic rings. The Balaban J connectivity index is 2.69. The van der Waals surface area contributed by atoms with E-state index < -0.39 is 9.51 Å². The van der Waals surface area contributed by atoms with E-state index in [1.807, 2.05) is 36.4 Å². The summed E-state index contributed by atoms with van der Waals surface area (Å²) in [5, 5.41) is 10.6. The van der Waals surface area contributed by atoms with Crippen LogP contribution < -0.4 is 5.43 Å². The van der Waals surface area contributed by atoms with Crippen LogP contribution in [0.15, 0.2) is 12.3 Å². The smallest absolute Gasteiger partial charge is 0.340 e. The van der Waals surface area contributed by atoms with Gasteiger partial charge in [0.05, 0.1) is 0 Å². The summed E-state index contributed by atoms with van der Waals surface area (Å²) in [5.74, 6) is -0.873. The molecule has 0 amide bonds. The average Bonchev–Trinajstić information content (AvgIpc) is 2.33. The van der Waals surface area contributed by atoms with Gasteiger partial charge in [-0.25, -0.2) is 10.2 Å². The first kappa shape index (κ1) is 9.79. The first-order valence-corrected chi connectivity index (χ1v) is 4.71. The normalized spacial score (nSPS) is 28.5. The van der Waals surface area contributed by atoms with Gasteiger partial charge in [0.25, 0.3) is 0 Å². The maximum absolute atomic E-state index is 10.7. The molecule has 1 unspecified atom stereocenters. The Morgan fingerprint density at radius 3 is 2.58 bits per heavy atom. The van der Waals surface area contributed by atoms with E-state index in [1.165, 1.54) is 0 Å². The molecule has 0 spiro atoms. The summed E-state index contributed by atoms with van der Waals surface area (Å²) in [6, 6.07) is 0.261. The molecule has 1 heterocycles. The predicted molar refractivity (Wildman–Crippen MR) is 53.6 cm³/mol. The number of hydrogen-bond acceptors (Lipinski definition) is 3. The van der Waals surface area contributed by atoms with Gasteiger partial charge in [0.15, 0.2) is 0 Å². The van der Waals surface area contributed by atoms with Crippen LogP contribution in [0.25, 0.3) is 0 Å². The molecule has 4 nitrogen and oxygen atoms in total. The minimum atomic E-state index is -0.970. The quantitative estimate of drug-likeness (QED) is 0.450. The number of alkyl halides is 1. The second-order valence-electron chi connectivity index (χ2n) is 2.95. The minimum Gasteiger partial charge on any atom is -0.479 e. The van der Waals surface area contributed by atoms with Crippen LogP contribution in [-0.2, 0) is 4.79 Å². The zero-order chi connectivity index (χ0) is 9.35. The van der Waals surface area contributed by atoms with Gasteiger partial charge in [-0.2, -0.15) is 0 Å². The van der Waals surface area contributed by atoms with E-state index in [-0.39, 0.29) is 6.04 Å². The molecule has 0 radical (unpaired) electrons. The number of rotatable bonds is 2. The van der Waals surface area contributed by atoms with Crippen molar-refractivity contribution in [2.24, 2.45) is 0 Å². The number of carboxylic acid groups (broad SMARTS) is 1. The number of halogens is 1. The molecule has 0 aromatic rings. The monoisotopic (exact) mass is 282 g/mol. The van der Waals surface area contributed by atoms with Crippen molar-refractivity contribution in [3.63, 3.8) is 0 Å². The zero-order valence-electron chi connectivity index (χ0n) is 6.91. The maximum Gasteiger partial charge on any atom is 0.340 e. The van der Waals surface area contributed by atoms with Crippen LogP contribution in [0.1, 0.15) is 13.8 Å². The minimum absolute atomic E-state index is 0.261. The highest BCUT2D eigenvalue weighted by Gasteiger charge is 2.38. The lowest BCUT2D eigenvalue weighted by Gasteiger charge is -2.25. The van der Waals surface area contributed by atoms with Crippen molar-refractivity contribution in [1.82, 2.24) is 10.4 Å². The zero-order valence-corrected chi connectivity index (χ0v) is 9.07. The number of aliphatic carboxylic acids is 1. The average molecular weight is 282 g/mol. The summed E-state index contributed by atoms with van der Waals surface area (Å²) in [6.45, 7) is 3.98. The lowest BCUT2D eigenvalue weighted by Crippen LogP contribution is -2.49. The van der Waals surface area contributed by atoms with E-state index in [9.17, 15) is 4.79 Å². The van der Waals surface area contributed by atoms with Crippen LogP contribution in [-0.4, -0.2) is 25.7 Å². The van der Waals surface area contributed by atoms with E-state index in [0.717, 1.165) is 0 Å². The van der Waals surface area contributed by atoms with Crippen LogP contribution in [0, 0.1) is 0 Å². The summed E-state index contributed by atoms with van der Waals surface area (Å²) in [7, 11) is 0. The summed E-state index contributed by atoms with van der Waals surface area (Å²) in [5.41, 5.74) is 2.88. The Morgan fingerprint density at radius 1 is 1.75 bits per heavy atom. The molecule has 68 valence electrons.